The number of Topliss-reactive ketones (excluding diaryl/α,β-unsaturated/α-hetero) is 3. The SMILES string of the molecule is CCCCNC(=O)C(CC(=O)NCCNCCN)CC(C)(C)C(=O)CC(CC(C)(C)C(=O)C(CC(=O)NCCNCCNCCC(=O)OCCN(CCCC)CCN(CCCC)CCCC)CC(C)(C)C(=O)CC(CC)C(=O)NCCNCCNCCC(=O)OCCN(CCCC)CCN(CCCC)CCCC)C(=O)NCCNCCN. The van der Waals surface area contributed by atoms with Gasteiger partial charge in [0.1, 0.15) is 30.6 Å². The van der Waals surface area contributed by atoms with Crippen molar-refractivity contribution in [2.75, 3.05) is 216 Å². The van der Waals surface area contributed by atoms with E-state index in [1.165, 1.54) is 51.4 Å². The minimum atomic E-state index is -1.36. The quantitative estimate of drug-likeness (QED) is 0.0242. The van der Waals surface area contributed by atoms with Crippen LogP contribution in [0.4, 0.5) is 0 Å². The van der Waals surface area contributed by atoms with Crippen molar-refractivity contribution in [1.29, 1.82) is 0 Å². The topological polar surface area (TPSA) is 386 Å². The second-order valence-electron chi connectivity index (χ2n) is 33.9. The van der Waals surface area contributed by atoms with Crippen LogP contribution in [0.1, 0.15) is 251 Å². The van der Waals surface area contributed by atoms with E-state index in [-0.39, 0.29) is 118 Å². The average Bonchev–Trinajstić information content (AvgIpc) is 0.804. The number of nitrogens with zero attached hydrogens (tertiary/aromatic N) is 4. The Bertz CT molecular complexity index is 2610. The minimum absolute atomic E-state index is 0.000132. The van der Waals surface area contributed by atoms with Crippen LogP contribution in [0.25, 0.3) is 0 Å². The first-order valence-corrected chi connectivity index (χ1v) is 45.9. The van der Waals surface area contributed by atoms with Gasteiger partial charge in [-0.3, -0.25) is 57.7 Å². The molecule has 0 heterocycles. The van der Waals surface area contributed by atoms with Crippen molar-refractivity contribution in [2.45, 2.75) is 251 Å². The van der Waals surface area contributed by atoms with E-state index in [9.17, 15) is 43.2 Å². The Labute approximate surface area is 709 Å². The summed E-state index contributed by atoms with van der Waals surface area (Å²) in [7, 11) is 0. The third kappa shape index (κ3) is 57.7. The summed E-state index contributed by atoms with van der Waals surface area (Å²) in [6.07, 6.45) is 15.3. The van der Waals surface area contributed by atoms with Crippen LogP contribution in [0.5, 0.6) is 0 Å². The Kier molecular flexibility index (Phi) is 68.2. The molecule has 0 aliphatic rings. The van der Waals surface area contributed by atoms with Crippen LogP contribution in [0, 0.1) is 39.9 Å². The molecule has 5 amide bonds. The molecule has 29 nitrogen and oxygen atoms in total. The van der Waals surface area contributed by atoms with Gasteiger partial charge in [-0.2, -0.15) is 0 Å². The van der Waals surface area contributed by atoms with Crippen molar-refractivity contribution >= 4 is 58.8 Å². The van der Waals surface area contributed by atoms with Gasteiger partial charge in [0.2, 0.25) is 29.5 Å². The fourth-order valence-electron chi connectivity index (χ4n) is 14.1. The molecule has 0 aliphatic carbocycles. The summed E-state index contributed by atoms with van der Waals surface area (Å²) < 4.78 is 11.3. The van der Waals surface area contributed by atoms with Crippen molar-refractivity contribution in [2.24, 2.45) is 51.4 Å². The molecule has 0 bridgehead atoms. The number of carbonyl (C=O) groups excluding carboxylic acids is 10. The van der Waals surface area contributed by atoms with Gasteiger partial charge in [-0.05, 0) is 110 Å². The number of amides is 5. The normalized spacial score (nSPS) is 13.1. The molecular formula is C88H175N17O12. The average molecular weight is 1660 g/mol. The van der Waals surface area contributed by atoms with E-state index in [0.717, 1.165) is 111 Å². The van der Waals surface area contributed by atoms with Gasteiger partial charge in [0.25, 0.3) is 0 Å². The molecule has 0 spiro atoms. The third-order valence-electron chi connectivity index (χ3n) is 21.8. The third-order valence-corrected chi connectivity index (χ3v) is 21.8. The standard InChI is InChI=1S/C88H175N17O12/c1-15-23-34-99-85(115)75(68-79(109)98-47-43-93-37-32-89)70-87(11,12)77(107)66-74(84(114)101-49-45-94-38-33-90)71-88(13,14)82(112)73(67-78(108)97-48-44-95-41-39-91-35-30-80(110)116-63-61-104(55-28-20-6)59-57-102(51-24-16-2)52-25-17-3)69-86(9,10)76(106)65-72(22-8)83(113)100-50-46-96-42-40-92-36-31-81(111)117-64-62-105(56-29-21-7)60-58-103(53-26-18-4)54-27-19-5/h72-75,91-96H,15-71,89-90H2,1-14H3,(H,97,108)(H,98,109)(H,99,115)(H,100,113)(H,101,114). The molecular weight excluding hydrogens is 1490 g/mol. The first kappa shape index (κ1) is 112. The van der Waals surface area contributed by atoms with Crippen LogP contribution < -0.4 is 70.0 Å². The predicted octanol–water partition coefficient (Wildman–Crippen LogP) is 6.09. The monoisotopic (exact) mass is 1660 g/mol. The summed E-state index contributed by atoms with van der Waals surface area (Å²) in [5, 5.41) is 34.2. The highest BCUT2D eigenvalue weighted by Crippen LogP contribution is 2.40. The van der Waals surface area contributed by atoms with Crippen molar-refractivity contribution in [3.05, 3.63) is 0 Å². The van der Waals surface area contributed by atoms with Crippen molar-refractivity contribution in [3.63, 3.8) is 0 Å². The van der Waals surface area contributed by atoms with Crippen LogP contribution in [0.3, 0.4) is 0 Å². The molecule has 0 fully saturated rings. The smallest absolute Gasteiger partial charge is 0.307 e. The van der Waals surface area contributed by atoms with Crippen LogP contribution in [0.15, 0.2) is 0 Å². The number of esters is 2. The lowest BCUT2D eigenvalue weighted by atomic mass is 9.67. The first-order valence-electron chi connectivity index (χ1n) is 45.9. The Balaban J connectivity index is 6.41. The maximum absolute atomic E-state index is 15.5. The Morgan fingerprint density at radius 2 is 0.581 bits per heavy atom. The van der Waals surface area contributed by atoms with Crippen LogP contribution in [0.2, 0.25) is 0 Å². The van der Waals surface area contributed by atoms with E-state index in [4.69, 9.17) is 20.9 Å². The Hall–Kier alpha value is -5.18. The number of hydrogen-bond acceptors (Lipinski definition) is 24. The maximum Gasteiger partial charge on any atom is 0.307 e. The van der Waals surface area contributed by atoms with Gasteiger partial charge < -0.3 is 89.2 Å². The number of carbonyl (C=O) groups is 10. The maximum atomic E-state index is 15.5. The fraction of sp³-hybridized carbons (Fsp3) is 0.886. The van der Waals surface area contributed by atoms with Gasteiger partial charge in [-0.15, -0.1) is 0 Å². The summed E-state index contributed by atoms with van der Waals surface area (Å²) in [4.78, 5) is 150. The van der Waals surface area contributed by atoms with Gasteiger partial charge >= 0.3 is 11.9 Å². The van der Waals surface area contributed by atoms with Crippen LogP contribution in [-0.2, 0) is 57.4 Å². The summed E-state index contributed by atoms with van der Waals surface area (Å²) in [6, 6.07) is 0. The van der Waals surface area contributed by atoms with Crippen LogP contribution >= 0.6 is 0 Å². The summed E-state index contributed by atoms with van der Waals surface area (Å²) >= 11 is 0. The van der Waals surface area contributed by atoms with Gasteiger partial charge in [0, 0.05) is 229 Å². The van der Waals surface area contributed by atoms with E-state index in [2.05, 4.69) is 120 Å². The van der Waals surface area contributed by atoms with Crippen molar-refractivity contribution < 1.29 is 57.4 Å². The lowest BCUT2D eigenvalue weighted by Gasteiger charge is -2.35. The Morgan fingerprint density at radius 1 is 0.299 bits per heavy atom. The largest absolute Gasteiger partial charge is 0.464 e. The number of unbranched alkanes of at least 4 members (excludes halogenated alkanes) is 7. The second kappa shape index (κ2) is 71.4. The second-order valence-corrected chi connectivity index (χ2v) is 33.9. The molecule has 0 rings (SSSR count). The van der Waals surface area contributed by atoms with Crippen molar-refractivity contribution in [1.82, 2.24) is 78.1 Å². The summed E-state index contributed by atoms with van der Waals surface area (Å²) in [6.45, 7) is 48.2. The molecule has 0 saturated heterocycles. The molecule has 29 heteroatoms. The lowest BCUT2D eigenvalue weighted by Crippen LogP contribution is -2.44. The molecule has 0 saturated carbocycles. The van der Waals surface area contributed by atoms with E-state index in [1.807, 2.05) is 13.8 Å². The summed E-state index contributed by atoms with van der Waals surface area (Å²) in [5.74, 6) is -7.01. The highest BCUT2D eigenvalue weighted by Gasteiger charge is 2.44. The van der Waals surface area contributed by atoms with E-state index in [1.54, 1.807) is 41.5 Å². The fourth-order valence-corrected chi connectivity index (χ4v) is 14.1. The van der Waals surface area contributed by atoms with E-state index < -0.39 is 51.7 Å². The van der Waals surface area contributed by atoms with E-state index >= 15 is 4.79 Å². The van der Waals surface area contributed by atoms with Crippen molar-refractivity contribution in [3.8, 4) is 0 Å². The first-order chi connectivity index (χ1) is 56.1. The zero-order chi connectivity index (χ0) is 87.4. The zero-order valence-corrected chi connectivity index (χ0v) is 76.5. The predicted molar refractivity (Wildman–Crippen MR) is 475 cm³/mol. The highest BCUT2D eigenvalue weighted by atomic mass is 16.5. The number of rotatable bonds is 83. The highest BCUT2D eigenvalue weighted by molar-refractivity contribution is 5.95. The molecule has 0 aromatic rings. The molecule has 117 heavy (non-hydrogen) atoms. The molecule has 15 N–H and O–H groups in total. The molecule has 0 radical (unpaired) electrons. The number of nitrogens with two attached hydrogens (primary N) is 2. The van der Waals surface area contributed by atoms with E-state index in [0.29, 0.717) is 137 Å². The van der Waals surface area contributed by atoms with Gasteiger partial charge in [0.05, 0.1) is 12.8 Å². The minimum Gasteiger partial charge on any atom is -0.464 e. The molecule has 0 aromatic carbocycles. The number of ether oxygens (including phenoxy) is 2. The lowest BCUT2D eigenvalue weighted by molar-refractivity contribution is -0.144. The molecule has 4 unspecified atom stereocenters. The Morgan fingerprint density at radius 3 is 0.940 bits per heavy atom. The number of nitrogens with one attached hydrogen (secondary N) is 11. The zero-order valence-electron chi connectivity index (χ0n) is 76.5. The molecule has 0 aliphatic heterocycles. The summed E-state index contributed by atoms with van der Waals surface area (Å²) in [5.41, 5.74) is 7.54. The number of ketones is 3. The number of hydrogen-bond donors (Lipinski definition) is 13. The van der Waals surface area contributed by atoms with Gasteiger partial charge in [0.15, 0.2) is 0 Å². The van der Waals surface area contributed by atoms with Gasteiger partial charge in [-0.25, -0.2) is 0 Å². The molecule has 684 valence electrons. The van der Waals surface area contributed by atoms with Gasteiger partial charge in [-0.1, -0.05) is 142 Å². The van der Waals surface area contributed by atoms with Crippen LogP contribution in [-0.4, -0.2) is 295 Å². The molecule has 4 atom stereocenters. The molecule has 0 aromatic heterocycles.